The van der Waals surface area contributed by atoms with Gasteiger partial charge in [-0.1, -0.05) is 64.7 Å². The molecule has 1 heterocycles. The second-order valence-electron chi connectivity index (χ2n) is 6.80. The van der Waals surface area contributed by atoms with Crippen LogP contribution in [0, 0.1) is 0 Å². The molecule has 4 nitrogen and oxygen atoms in total. The van der Waals surface area contributed by atoms with Gasteiger partial charge in [0.15, 0.2) is 17.3 Å². The third-order valence-electron chi connectivity index (χ3n) is 4.69. The molecule has 0 aliphatic carbocycles. The Hall–Kier alpha value is -1.84. The number of rotatable bonds is 12. The van der Waals surface area contributed by atoms with E-state index in [1.807, 2.05) is 0 Å². The standard InChI is InChI=1S/C21H32O4/c1-2-3-4-5-6-7-8-9-10-11-12-18(22)21(23)17-13-14-19-20(15-17)25-16-24-19/h13-15,22-23H,2-12,16H2,1H3/b21-18-. The number of fused-ring (bicyclic) bond motifs is 1. The highest BCUT2D eigenvalue weighted by molar-refractivity contribution is 5.64. The lowest BCUT2D eigenvalue weighted by molar-refractivity contribution is 0.174. The number of hydrogen-bond acceptors (Lipinski definition) is 4. The van der Waals surface area contributed by atoms with Crippen molar-refractivity contribution in [3.63, 3.8) is 0 Å². The average Bonchev–Trinajstić information content (AvgIpc) is 3.10. The number of benzene rings is 1. The maximum Gasteiger partial charge on any atom is 0.231 e. The van der Waals surface area contributed by atoms with Gasteiger partial charge in [0.1, 0.15) is 5.76 Å². The van der Waals surface area contributed by atoms with Gasteiger partial charge in [0.05, 0.1) is 0 Å². The predicted octanol–water partition coefficient (Wildman–Crippen LogP) is 6.51. The van der Waals surface area contributed by atoms with E-state index in [1.165, 1.54) is 51.4 Å². The molecule has 0 atom stereocenters. The number of unbranched alkanes of at least 4 members (excludes halogenated alkanes) is 9. The second kappa shape index (κ2) is 10.9. The van der Waals surface area contributed by atoms with E-state index >= 15 is 0 Å². The Morgan fingerprint density at radius 2 is 1.44 bits per heavy atom. The van der Waals surface area contributed by atoms with Crippen molar-refractivity contribution in [1.29, 1.82) is 0 Å². The lowest BCUT2D eigenvalue weighted by Gasteiger charge is -2.07. The fourth-order valence-corrected chi connectivity index (χ4v) is 3.11. The molecule has 140 valence electrons. The molecule has 1 aromatic rings. The summed E-state index contributed by atoms with van der Waals surface area (Å²) in [7, 11) is 0. The summed E-state index contributed by atoms with van der Waals surface area (Å²) in [6.45, 7) is 2.45. The van der Waals surface area contributed by atoms with Crippen LogP contribution in [0.25, 0.3) is 5.76 Å². The summed E-state index contributed by atoms with van der Waals surface area (Å²) in [5.41, 5.74) is 0.564. The van der Waals surface area contributed by atoms with Gasteiger partial charge in [-0.3, -0.25) is 0 Å². The molecule has 0 saturated carbocycles. The highest BCUT2D eigenvalue weighted by atomic mass is 16.7. The minimum Gasteiger partial charge on any atom is -0.508 e. The Labute approximate surface area is 151 Å². The highest BCUT2D eigenvalue weighted by Gasteiger charge is 2.16. The summed E-state index contributed by atoms with van der Waals surface area (Å²) in [5.74, 6) is 1.27. The SMILES string of the molecule is CCCCCCCCCCCC/C(O)=C(/O)c1ccc2c(c1)OCO2. The first-order valence-corrected chi connectivity index (χ1v) is 9.73. The molecular weight excluding hydrogens is 316 g/mol. The normalized spacial score (nSPS) is 13.8. The van der Waals surface area contributed by atoms with Gasteiger partial charge in [-0.2, -0.15) is 0 Å². The van der Waals surface area contributed by atoms with Gasteiger partial charge >= 0.3 is 0 Å². The van der Waals surface area contributed by atoms with E-state index in [0.29, 0.717) is 23.5 Å². The molecule has 0 saturated heterocycles. The summed E-state index contributed by atoms with van der Waals surface area (Å²) in [6, 6.07) is 5.19. The Balaban J connectivity index is 1.62. The van der Waals surface area contributed by atoms with Crippen LogP contribution in [0.4, 0.5) is 0 Å². The van der Waals surface area contributed by atoms with Gasteiger partial charge in [0.25, 0.3) is 0 Å². The number of allylic oxidation sites excluding steroid dienone is 1. The molecular formula is C21H32O4. The smallest absolute Gasteiger partial charge is 0.231 e. The third-order valence-corrected chi connectivity index (χ3v) is 4.69. The number of aliphatic hydroxyl groups is 2. The van der Waals surface area contributed by atoms with Crippen LogP contribution in [0.2, 0.25) is 0 Å². The number of ether oxygens (including phenoxy) is 2. The van der Waals surface area contributed by atoms with Gasteiger partial charge in [0.2, 0.25) is 6.79 Å². The highest BCUT2D eigenvalue weighted by Crippen LogP contribution is 2.34. The van der Waals surface area contributed by atoms with Crippen LogP contribution in [0.15, 0.2) is 24.0 Å². The van der Waals surface area contributed by atoms with E-state index in [9.17, 15) is 10.2 Å². The molecule has 1 aromatic carbocycles. The van der Waals surface area contributed by atoms with Gasteiger partial charge < -0.3 is 19.7 Å². The maximum atomic E-state index is 10.2. The van der Waals surface area contributed by atoms with E-state index in [2.05, 4.69) is 6.92 Å². The summed E-state index contributed by atoms with van der Waals surface area (Å²) in [6.07, 6.45) is 13.0. The van der Waals surface area contributed by atoms with Crippen LogP contribution >= 0.6 is 0 Å². The third kappa shape index (κ3) is 6.52. The number of hydrogen-bond donors (Lipinski definition) is 2. The topological polar surface area (TPSA) is 58.9 Å². The number of aliphatic hydroxyl groups excluding tert-OH is 2. The van der Waals surface area contributed by atoms with Gasteiger partial charge in [-0.15, -0.1) is 0 Å². The first-order chi connectivity index (χ1) is 12.2. The van der Waals surface area contributed by atoms with E-state index in [0.717, 1.165) is 12.8 Å². The average molecular weight is 348 g/mol. The van der Waals surface area contributed by atoms with Crippen molar-refractivity contribution in [3.05, 3.63) is 29.5 Å². The van der Waals surface area contributed by atoms with Crippen LogP contribution < -0.4 is 9.47 Å². The molecule has 1 aliphatic rings. The monoisotopic (exact) mass is 348 g/mol. The molecule has 0 fully saturated rings. The van der Waals surface area contributed by atoms with Crippen LogP contribution in [0.1, 0.15) is 83.1 Å². The zero-order valence-corrected chi connectivity index (χ0v) is 15.4. The van der Waals surface area contributed by atoms with Crippen molar-refractivity contribution >= 4 is 5.76 Å². The first-order valence-electron chi connectivity index (χ1n) is 9.73. The zero-order valence-electron chi connectivity index (χ0n) is 15.4. The quantitative estimate of drug-likeness (QED) is 0.334. The lowest BCUT2D eigenvalue weighted by Crippen LogP contribution is -1.93. The van der Waals surface area contributed by atoms with Crippen LogP contribution in [-0.4, -0.2) is 17.0 Å². The molecule has 0 radical (unpaired) electrons. The van der Waals surface area contributed by atoms with Gasteiger partial charge in [-0.25, -0.2) is 0 Å². The molecule has 4 heteroatoms. The van der Waals surface area contributed by atoms with Crippen molar-refractivity contribution in [2.75, 3.05) is 6.79 Å². The predicted molar refractivity (Wildman–Crippen MR) is 101 cm³/mol. The molecule has 1 aliphatic heterocycles. The van der Waals surface area contributed by atoms with Gasteiger partial charge in [-0.05, 0) is 24.6 Å². The van der Waals surface area contributed by atoms with Crippen molar-refractivity contribution in [2.24, 2.45) is 0 Å². The lowest BCUT2D eigenvalue weighted by atomic mass is 10.0. The maximum absolute atomic E-state index is 10.2. The minimum atomic E-state index is -0.0609. The molecule has 0 spiro atoms. The minimum absolute atomic E-state index is 0.0541. The summed E-state index contributed by atoms with van der Waals surface area (Å²) in [4.78, 5) is 0. The molecule has 0 amide bonds. The molecule has 2 N–H and O–H groups in total. The fourth-order valence-electron chi connectivity index (χ4n) is 3.11. The molecule has 0 bridgehead atoms. The van der Waals surface area contributed by atoms with Gasteiger partial charge in [0, 0.05) is 12.0 Å². The van der Waals surface area contributed by atoms with Crippen molar-refractivity contribution in [1.82, 2.24) is 0 Å². The van der Waals surface area contributed by atoms with E-state index in [-0.39, 0.29) is 18.3 Å². The Morgan fingerprint density at radius 1 is 0.840 bits per heavy atom. The molecule has 25 heavy (non-hydrogen) atoms. The summed E-state index contributed by atoms with van der Waals surface area (Å²) in [5, 5.41) is 20.3. The van der Waals surface area contributed by atoms with Crippen LogP contribution in [-0.2, 0) is 0 Å². The van der Waals surface area contributed by atoms with E-state index in [1.54, 1.807) is 18.2 Å². The second-order valence-corrected chi connectivity index (χ2v) is 6.80. The summed E-state index contributed by atoms with van der Waals surface area (Å²) < 4.78 is 10.5. The molecule has 2 rings (SSSR count). The van der Waals surface area contributed by atoms with Crippen molar-refractivity contribution in [3.8, 4) is 11.5 Å². The van der Waals surface area contributed by atoms with Crippen LogP contribution in [0.5, 0.6) is 11.5 Å². The Morgan fingerprint density at radius 3 is 2.12 bits per heavy atom. The van der Waals surface area contributed by atoms with Crippen LogP contribution in [0.3, 0.4) is 0 Å². The zero-order chi connectivity index (χ0) is 17.9. The Kier molecular flexibility index (Phi) is 8.50. The largest absolute Gasteiger partial charge is 0.508 e. The molecule has 0 aromatic heterocycles. The van der Waals surface area contributed by atoms with Crippen molar-refractivity contribution < 1.29 is 19.7 Å². The first kappa shape index (κ1) is 19.5. The van der Waals surface area contributed by atoms with E-state index < -0.39 is 0 Å². The summed E-state index contributed by atoms with van der Waals surface area (Å²) >= 11 is 0. The van der Waals surface area contributed by atoms with E-state index in [4.69, 9.17) is 9.47 Å². The van der Waals surface area contributed by atoms with Crippen molar-refractivity contribution in [2.45, 2.75) is 77.6 Å². The Bertz CT molecular complexity index is 551. The fraction of sp³-hybridized carbons (Fsp3) is 0.619. The molecule has 0 unspecified atom stereocenters.